The predicted octanol–water partition coefficient (Wildman–Crippen LogP) is 2.42. The van der Waals surface area contributed by atoms with Gasteiger partial charge in [0, 0.05) is 36.8 Å². The number of carbonyl (C=O) groups is 3. The Kier molecular flexibility index (Phi) is 5.19. The average molecular weight is 457 g/mol. The first-order valence-electron chi connectivity index (χ1n) is 11.8. The topological polar surface area (TPSA) is 85.4 Å². The van der Waals surface area contributed by atoms with Gasteiger partial charge in [-0.3, -0.25) is 14.5 Å². The van der Waals surface area contributed by atoms with Gasteiger partial charge < -0.3 is 19.1 Å². The first-order valence-corrected chi connectivity index (χ1v) is 11.8. The SMILES string of the molecule is COC(=O)C(OC(C)=O)C12CCCN3CCC4(c5cccc(OC)c5N(C(C)=O)C4CC1)C32. The van der Waals surface area contributed by atoms with Crippen LogP contribution < -0.4 is 9.64 Å². The van der Waals surface area contributed by atoms with E-state index < -0.39 is 23.5 Å². The van der Waals surface area contributed by atoms with E-state index in [0.717, 1.165) is 50.0 Å². The van der Waals surface area contributed by atoms with E-state index in [2.05, 4.69) is 11.0 Å². The second-order valence-corrected chi connectivity index (χ2v) is 9.88. The molecule has 1 aromatic rings. The number of amides is 1. The van der Waals surface area contributed by atoms with Crippen molar-refractivity contribution < 1.29 is 28.6 Å². The summed E-state index contributed by atoms with van der Waals surface area (Å²) in [7, 11) is 2.98. The number of rotatable bonds is 4. The Labute approximate surface area is 194 Å². The van der Waals surface area contributed by atoms with Gasteiger partial charge in [0.25, 0.3) is 0 Å². The van der Waals surface area contributed by atoms with E-state index in [9.17, 15) is 14.4 Å². The minimum Gasteiger partial charge on any atom is -0.495 e. The highest BCUT2D eigenvalue weighted by atomic mass is 16.6. The highest BCUT2D eigenvalue weighted by Gasteiger charge is 2.72. The molecule has 0 aromatic heterocycles. The van der Waals surface area contributed by atoms with Crippen molar-refractivity contribution in [2.24, 2.45) is 5.41 Å². The molecule has 5 atom stereocenters. The summed E-state index contributed by atoms with van der Waals surface area (Å²) in [4.78, 5) is 42.5. The number of esters is 2. The molecule has 0 N–H and O–H groups in total. The van der Waals surface area contributed by atoms with Gasteiger partial charge in [0.15, 0.2) is 0 Å². The van der Waals surface area contributed by atoms with Gasteiger partial charge in [0.2, 0.25) is 12.0 Å². The van der Waals surface area contributed by atoms with Crippen LogP contribution >= 0.6 is 0 Å². The minimum atomic E-state index is -0.968. The summed E-state index contributed by atoms with van der Waals surface area (Å²) in [5.41, 5.74) is 1.02. The van der Waals surface area contributed by atoms with E-state index in [1.54, 1.807) is 14.0 Å². The Hall–Kier alpha value is -2.61. The van der Waals surface area contributed by atoms with Gasteiger partial charge in [-0.05, 0) is 56.8 Å². The van der Waals surface area contributed by atoms with E-state index in [1.807, 2.05) is 17.0 Å². The Balaban J connectivity index is 1.74. The summed E-state index contributed by atoms with van der Waals surface area (Å²) in [5, 5.41) is 0. The van der Waals surface area contributed by atoms with Crippen molar-refractivity contribution in [3.63, 3.8) is 0 Å². The van der Waals surface area contributed by atoms with Crippen LogP contribution in [-0.2, 0) is 29.3 Å². The molecule has 2 saturated heterocycles. The fourth-order valence-corrected chi connectivity index (χ4v) is 7.80. The van der Waals surface area contributed by atoms with Crippen LogP contribution in [0.1, 0.15) is 51.5 Å². The normalized spacial score (nSPS) is 32.9. The van der Waals surface area contributed by atoms with Gasteiger partial charge in [-0.15, -0.1) is 0 Å². The van der Waals surface area contributed by atoms with Gasteiger partial charge >= 0.3 is 11.9 Å². The Morgan fingerprint density at radius 1 is 1.09 bits per heavy atom. The highest BCUT2D eigenvalue weighted by molar-refractivity contribution is 5.98. The molecule has 3 aliphatic heterocycles. The summed E-state index contributed by atoms with van der Waals surface area (Å²) in [6.45, 7) is 4.75. The van der Waals surface area contributed by atoms with Crippen LogP contribution in [-0.4, -0.2) is 68.2 Å². The zero-order chi connectivity index (χ0) is 23.5. The molecule has 5 unspecified atom stereocenters. The van der Waals surface area contributed by atoms with Crippen LogP contribution in [0.5, 0.6) is 5.75 Å². The van der Waals surface area contributed by atoms with Crippen LogP contribution in [0.4, 0.5) is 5.69 Å². The molecule has 1 spiro atoms. The molecule has 1 saturated carbocycles. The lowest BCUT2D eigenvalue weighted by molar-refractivity contribution is -0.188. The van der Waals surface area contributed by atoms with Gasteiger partial charge in [-0.1, -0.05) is 12.1 Å². The van der Waals surface area contributed by atoms with Crippen molar-refractivity contribution in [2.75, 3.05) is 32.2 Å². The fraction of sp³-hybridized carbons (Fsp3) is 0.640. The maximum absolute atomic E-state index is 13.0. The third-order valence-electron chi connectivity index (χ3n) is 8.61. The molecule has 1 amide bonds. The second kappa shape index (κ2) is 7.72. The molecule has 178 valence electrons. The third kappa shape index (κ3) is 2.82. The summed E-state index contributed by atoms with van der Waals surface area (Å²) in [6.07, 6.45) is 3.00. The molecule has 0 bridgehead atoms. The number of hydrogen-bond acceptors (Lipinski definition) is 7. The average Bonchev–Trinajstić information content (AvgIpc) is 3.34. The number of benzene rings is 1. The van der Waals surface area contributed by atoms with E-state index in [4.69, 9.17) is 14.2 Å². The molecule has 0 radical (unpaired) electrons. The van der Waals surface area contributed by atoms with Crippen molar-refractivity contribution in [3.8, 4) is 5.75 Å². The Bertz CT molecular complexity index is 1010. The van der Waals surface area contributed by atoms with Crippen LogP contribution in [0.15, 0.2) is 18.2 Å². The van der Waals surface area contributed by atoms with Crippen molar-refractivity contribution >= 4 is 23.5 Å². The maximum Gasteiger partial charge on any atom is 0.347 e. The van der Waals surface area contributed by atoms with Crippen LogP contribution in [0, 0.1) is 5.41 Å². The Morgan fingerprint density at radius 3 is 2.55 bits per heavy atom. The molecule has 1 aromatic carbocycles. The summed E-state index contributed by atoms with van der Waals surface area (Å²) < 4.78 is 16.6. The van der Waals surface area contributed by atoms with Crippen molar-refractivity contribution in [3.05, 3.63) is 23.8 Å². The predicted molar refractivity (Wildman–Crippen MR) is 120 cm³/mol. The lowest BCUT2D eigenvalue weighted by atomic mass is 9.51. The lowest BCUT2D eigenvalue weighted by Crippen LogP contribution is -2.69. The number of hydrogen-bond donors (Lipinski definition) is 0. The molecule has 1 aliphatic carbocycles. The van der Waals surface area contributed by atoms with Crippen molar-refractivity contribution in [1.29, 1.82) is 0 Å². The molecule has 3 fully saturated rings. The Morgan fingerprint density at radius 2 is 1.88 bits per heavy atom. The van der Waals surface area contributed by atoms with Gasteiger partial charge in [0.1, 0.15) is 5.75 Å². The largest absolute Gasteiger partial charge is 0.495 e. The first-order chi connectivity index (χ1) is 15.8. The van der Waals surface area contributed by atoms with Gasteiger partial charge in [-0.2, -0.15) is 0 Å². The van der Waals surface area contributed by atoms with Crippen LogP contribution in [0.3, 0.4) is 0 Å². The second-order valence-electron chi connectivity index (χ2n) is 9.88. The molecule has 33 heavy (non-hydrogen) atoms. The van der Waals surface area contributed by atoms with E-state index in [-0.39, 0.29) is 23.4 Å². The summed E-state index contributed by atoms with van der Waals surface area (Å²) >= 11 is 0. The lowest BCUT2D eigenvalue weighted by Gasteiger charge is -2.59. The molecule has 5 rings (SSSR count). The monoisotopic (exact) mass is 456 g/mol. The quantitative estimate of drug-likeness (QED) is 0.643. The maximum atomic E-state index is 13.0. The summed E-state index contributed by atoms with van der Waals surface area (Å²) in [5.74, 6) is -0.297. The molecule has 8 nitrogen and oxygen atoms in total. The van der Waals surface area contributed by atoms with Gasteiger partial charge in [-0.25, -0.2) is 4.79 Å². The first kappa shape index (κ1) is 22.2. The molecule has 4 aliphatic rings. The number of nitrogens with zero attached hydrogens (tertiary/aromatic N) is 2. The number of methoxy groups -OCH3 is 2. The van der Waals surface area contributed by atoms with Crippen LogP contribution in [0.25, 0.3) is 0 Å². The molecular weight excluding hydrogens is 424 g/mol. The number of ether oxygens (including phenoxy) is 3. The zero-order valence-corrected chi connectivity index (χ0v) is 19.8. The molecular formula is C25H32N2O6. The number of para-hydroxylation sites is 1. The zero-order valence-electron chi connectivity index (χ0n) is 19.8. The smallest absolute Gasteiger partial charge is 0.347 e. The van der Waals surface area contributed by atoms with E-state index in [0.29, 0.717) is 12.2 Å². The van der Waals surface area contributed by atoms with Crippen molar-refractivity contribution in [2.45, 2.75) is 69.6 Å². The molecule has 8 heteroatoms. The minimum absolute atomic E-state index is 0.00566. The van der Waals surface area contributed by atoms with Gasteiger partial charge in [0.05, 0.1) is 19.9 Å². The number of anilines is 1. The number of fused-ring (bicyclic) bond motifs is 1. The standard InChI is InChI=1S/C25H32N2O6/c1-15(28)27-19-9-11-24(21(22(30)32-4)33-16(2)29)10-6-13-26-14-12-25(19,23(24)26)17-7-5-8-18(31-3)20(17)27/h5,7-8,19,21,23H,6,9-14H2,1-4H3. The highest BCUT2D eigenvalue weighted by Crippen LogP contribution is 2.66. The third-order valence-corrected chi connectivity index (χ3v) is 8.61. The van der Waals surface area contributed by atoms with E-state index >= 15 is 0 Å². The fourth-order valence-electron chi connectivity index (χ4n) is 7.80. The summed E-state index contributed by atoms with van der Waals surface area (Å²) in [6, 6.07) is 5.92. The number of carbonyl (C=O) groups excluding carboxylic acids is 3. The van der Waals surface area contributed by atoms with Crippen molar-refractivity contribution in [1.82, 2.24) is 4.90 Å². The molecule has 3 heterocycles. The number of piperidine rings is 1. The van der Waals surface area contributed by atoms with E-state index in [1.165, 1.54) is 14.0 Å². The van der Waals surface area contributed by atoms with Crippen LogP contribution in [0.2, 0.25) is 0 Å².